The van der Waals surface area contributed by atoms with Crippen LogP contribution in [0.25, 0.3) is 6.08 Å². The van der Waals surface area contributed by atoms with Crippen molar-refractivity contribution in [3.63, 3.8) is 0 Å². The van der Waals surface area contributed by atoms with Crippen molar-refractivity contribution >= 4 is 29.2 Å². The lowest BCUT2D eigenvalue weighted by atomic mass is 9.80. The highest BCUT2D eigenvalue weighted by Gasteiger charge is 2.46. The Morgan fingerprint density at radius 2 is 1.66 bits per heavy atom. The number of hydrogen-bond acceptors (Lipinski definition) is 10. The Bertz CT molecular complexity index is 2140. The van der Waals surface area contributed by atoms with Gasteiger partial charge in [-0.1, -0.05) is 23.7 Å². The zero-order valence-corrected chi connectivity index (χ0v) is 32.5. The first-order valence-electron chi connectivity index (χ1n) is 18.7. The number of carbonyl (C=O) groups excluding carboxylic acids is 2. The van der Waals surface area contributed by atoms with Crippen LogP contribution in [-0.2, 0) is 5.60 Å². The van der Waals surface area contributed by atoms with Gasteiger partial charge < -0.3 is 38.8 Å². The van der Waals surface area contributed by atoms with Crippen LogP contribution >= 0.6 is 11.6 Å². The van der Waals surface area contributed by atoms with Crippen molar-refractivity contribution in [2.24, 2.45) is 0 Å². The summed E-state index contributed by atoms with van der Waals surface area (Å²) in [5.74, 6) is 1.05. The van der Waals surface area contributed by atoms with E-state index >= 15 is 0 Å². The molecule has 4 aromatic rings. The van der Waals surface area contributed by atoms with Crippen molar-refractivity contribution < 1.29 is 47.9 Å². The fourth-order valence-corrected chi connectivity index (χ4v) is 7.84. The normalized spacial score (nSPS) is 19.9. The molecule has 294 valence electrons. The number of likely N-dealkylation sites (tertiary alicyclic amines) is 1. The minimum absolute atomic E-state index is 0.0414. The largest absolute Gasteiger partial charge is 0.507 e. The van der Waals surface area contributed by atoms with Crippen LogP contribution in [0.15, 0.2) is 72.8 Å². The van der Waals surface area contributed by atoms with Crippen molar-refractivity contribution in [3.8, 4) is 34.5 Å². The number of methoxy groups -OCH3 is 2. The number of aliphatic hydroxyl groups is 1. The van der Waals surface area contributed by atoms with E-state index in [9.17, 15) is 24.2 Å². The first kappa shape index (κ1) is 39.1. The molecule has 10 nitrogen and oxygen atoms in total. The number of aromatic hydroxyl groups is 1. The first-order chi connectivity index (χ1) is 26.8. The molecule has 0 spiro atoms. The van der Waals surface area contributed by atoms with Crippen LogP contribution in [0.1, 0.15) is 82.9 Å². The maximum Gasteiger partial charge on any atom is 0.181 e. The van der Waals surface area contributed by atoms with Gasteiger partial charge in [0.05, 0.1) is 31.3 Å². The number of nitrogens with zero attached hydrogens (tertiary/aromatic N) is 1. The molecule has 12 heteroatoms. The van der Waals surface area contributed by atoms with E-state index in [1.54, 1.807) is 19.2 Å². The van der Waals surface area contributed by atoms with Crippen LogP contribution in [0.3, 0.4) is 0 Å². The minimum Gasteiger partial charge on any atom is -0.507 e. The maximum atomic E-state index is 13.6. The smallest absolute Gasteiger partial charge is 0.181 e. The standard InChI is InChI=1S/C23H22O7.C21H23ClFNO2/c1-23(2)6-5-11-15(30-23)8-13(24)20-21(25)19-12-7-16(26-3)17(27-4)9-14(12)28-10-18(19)29-22(11)20;22-18-7-5-17(6-8-18)21(26)11-14-24(15-12-21)13-1-2-20(25)16-3-9-19(23)10-4-16/h5-9,18-19,24H,10H2,1-4H3;3-10,26H,1-2,11-15H2. The molecule has 2 unspecified atom stereocenters. The molecule has 0 amide bonds. The van der Waals surface area contributed by atoms with Gasteiger partial charge in [-0.25, -0.2) is 4.39 Å². The quantitative estimate of drug-likeness (QED) is 0.169. The molecule has 4 heterocycles. The lowest BCUT2D eigenvalue weighted by molar-refractivity contribution is -0.0260. The molecule has 0 aliphatic carbocycles. The van der Waals surface area contributed by atoms with Crippen molar-refractivity contribution in [3.05, 3.63) is 111 Å². The summed E-state index contributed by atoms with van der Waals surface area (Å²) in [5, 5.41) is 22.2. The number of halogens is 2. The van der Waals surface area contributed by atoms with E-state index in [2.05, 4.69) is 4.90 Å². The summed E-state index contributed by atoms with van der Waals surface area (Å²) >= 11 is 5.92. The number of Topliss-reactive ketones (excluding diaryl/α,β-unsaturated/α-hetero) is 2. The van der Waals surface area contributed by atoms with Crippen LogP contribution in [0.5, 0.6) is 34.5 Å². The van der Waals surface area contributed by atoms with Gasteiger partial charge in [-0.2, -0.15) is 0 Å². The second-order valence-corrected chi connectivity index (χ2v) is 15.5. The molecule has 2 N–H and O–H groups in total. The highest BCUT2D eigenvalue weighted by atomic mass is 35.5. The Kier molecular flexibility index (Phi) is 11.0. The first-order valence-corrected chi connectivity index (χ1v) is 19.0. The fraction of sp³-hybridized carbons (Fsp3) is 0.364. The number of fused-ring (bicyclic) bond motifs is 6. The molecule has 0 bridgehead atoms. The van der Waals surface area contributed by atoms with Gasteiger partial charge in [0.1, 0.15) is 52.7 Å². The number of benzene rings is 4. The van der Waals surface area contributed by atoms with Gasteiger partial charge in [-0.3, -0.25) is 9.59 Å². The van der Waals surface area contributed by atoms with Crippen molar-refractivity contribution in [1.29, 1.82) is 0 Å². The van der Waals surface area contributed by atoms with Gasteiger partial charge in [0.25, 0.3) is 0 Å². The van der Waals surface area contributed by atoms with Crippen molar-refractivity contribution in [1.82, 2.24) is 4.90 Å². The summed E-state index contributed by atoms with van der Waals surface area (Å²) < 4.78 is 41.7. The van der Waals surface area contributed by atoms with Gasteiger partial charge in [-0.15, -0.1) is 0 Å². The summed E-state index contributed by atoms with van der Waals surface area (Å²) in [5.41, 5.74) is 1.60. The number of phenols is 1. The summed E-state index contributed by atoms with van der Waals surface area (Å²) in [7, 11) is 3.07. The van der Waals surface area contributed by atoms with Crippen LogP contribution in [0.2, 0.25) is 5.02 Å². The monoisotopic (exact) mass is 785 g/mol. The minimum atomic E-state index is -0.801. The zero-order valence-electron chi connectivity index (χ0n) is 31.8. The Morgan fingerprint density at radius 3 is 2.34 bits per heavy atom. The van der Waals surface area contributed by atoms with Crippen LogP contribution in [0.4, 0.5) is 4.39 Å². The van der Waals surface area contributed by atoms with Gasteiger partial charge >= 0.3 is 0 Å². The number of carbonyl (C=O) groups is 2. The molecule has 4 aliphatic rings. The molecule has 2 atom stereocenters. The molecular formula is C44H45ClFNO9. The molecule has 56 heavy (non-hydrogen) atoms. The Labute approximate surface area is 330 Å². The second kappa shape index (κ2) is 15.8. The molecule has 4 aliphatic heterocycles. The summed E-state index contributed by atoms with van der Waals surface area (Å²) in [6.45, 7) is 6.44. The number of rotatable bonds is 8. The molecule has 4 aromatic carbocycles. The lowest BCUT2D eigenvalue weighted by Gasteiger charge is -2.39. The topological polar surface area (TPSA) is 124 Å². The SMILES string of the molecule is COc1cc2c(cc1OC)C1C(=O)c3c(O)cc4c(c3OC1CO2)C=CC(C)(C)O4.O=C(CCCN1CCC(O)(c2ccc(Cl)cc2)CC1)c1ccc(F)cc1. The number of ketones is 2. The van der Waals surface area contributed by atoms with E-state index in [0.717, 1.165) is 31.6 Å². The number of phenolic OH excluding ortho intramolecular Hbond substituents is 1. The van der Waals surface area contributed by atoms with E-state index in [1.807, 2.05) is 50.3 Å². The highest BCUT2D eigenvalue weighted by molar-refractivity contribution is 6.30. The maximum absolute atomic E-state index is 13.6. The van der Waals surface area contributed by atoms with E-state index in [-0.39, 0.29) is 35.3 Å². The van der Waals surface area contributed by atoms with Crippen LogP contribution in [-0.4, -0.2) is 78.8 Å². The molecule has 1 saturated heterocycles. The summed E-state index contributed by atoms with van der Waals surface area (Å²) in [4.78, 5) is 28.0. The van der Waals surface area contributed by atoms with Gasteiger partial charge in [0.2, 0.25) is 0 Å². The summed E-state index contributed by atoms with van der Waals surface area (Å²) in [6, 6.07) is 18.0. The third-order valence-electron chi connectivity index (χ3n) is 10.8. The molecule has 0 radical (unpaired) electrons. The number of piperidine rings is 1. The van der Waals surface area contributed by atoms with Gasteiger partial charge in [0.15, 0.2) is 23.1 Å². The lowest BCUT2D eigenvalue weighted by Crippen LogP contribution is -2.43. The number of ether oxygens (including phenoxy) is 5. The average Bonchev–Trinajstić information content (AvgIpc) is 3.18. The predicted molar refractivity (Wildman–Crippen MR) is 209 cm³/mol. The van der Waals surface area contributed by atoms with E-state index in [1.165, 1.54) is 37.4 Å². The van der Waals surface area contributed by atoms with E-state index in [4.69, 9.17) is 35.3 Å². The van der Waals surface area contributed by atoms with Crippen LogP contribution in [0, 0.1) is 5.82 Å². The zero-order chi connectivity index (χ0) is 39.8. The van der Waals surface area contributed by atoms with Crippen LogP contribution < -0.4 is 23.7 Å². The highest BCUT2D eigenvalue weighted by Crippen LogP contribution is 2.52. The Hall–Kier alpha value is -5.10. The van der Waals surface area contributed by atoms with E-state index in [0.29, 0.717) is 69.7 Å². The Morgan fingerprint density at radius 1 is 0.982 bits per heavy atom. The third-order valence-corrected chi connectivity index (χ3v) is 11.1. The number of hydrogen-bond donors (Lipinski definition) is 2. The third kappa shape index (κ3) is 7.94. The average molecular weight is 786 g/mol. The van der Waals surface area contributed by atoms with Crippen molar-refractivity contribution in [2.45, 2.75) is 62.8 Å². The van der Waals surface area contributed by atoms with E-state index < -0.39 is 23.2 Å². The fourth-order valence-electron chi connectivity index (χ4n) is 7.71. The van der Waals surface area contributed by atoms with Crippen molar-refractivity contribution in [2.75, 3.05) is 40.5 Å². The molecular weight excluding hydrogens is 741 g/mol. The second-order valence-electron chi connectivity index (χ2n) is 15.0. The predicted octanol–water partition coefficient (Wildman–Crippen LogP) is 8.14. The molecule has 1 fully saturated rings. The summed E-state index contributed by atoms with van der Waals surface area (Å²) in [6.07, 6.45) is 5.78. The van der Waals surface area contributed by atoms with Gasteiger partial charge in [-0.05, 0) is 99.8 Å². The molecule has 0 aromatic heterocycles. The molecule has 8 rings (SSSR count). The Balaban J connectivity index is 0.000000174. The van der Waals surface area contributed by atoms with Gasteiger partial charge in [0, 0.05) is 47.8 Å². The molecule has 0 saturated carbocycles.